The van der Waals surface area contributed by atoms with Crippen molar-refractivity contribution in [1.29, 1.82) is 0 Å². The molecule has 78 valence electrons. The molecule has 0 aliphatic heterocycles. The summed E-state index contributed by atoms with van der Waals surface area (Å²) in [5, 5.41) is 0. The first-order valence-corrected chi connectivity index (χ1v) is 5.65. The van der Waals surface area contributed by atoms with Crippen LogP contribution in [0.3, 0.4) is 0 Å². The molecule has 0 unspecified atom stereocenters. The van der Waals surface area contributed by atoms with Crippen LogP contribution in [0.2, 0.25) is 0 Å². The van der Waals surface area contributed by atoms with Crippen LogP contribution in [-0.2, 0) is 10.2 Å². The third kappa shape index (κ3) is 1.01. The van der Waals surface area contributed by atoms with Gasteiger partial charge in [-0.1, -0.05) is 29.8 Å². The second-order valence-electron chi connectivity index (χ2n) is 5.51. The van der Waals surface area contributed by atoms with Crippen LogP contribution in [0.1, 0.15) is 37.3 Å². The summed E-state index contributed by atoms with van der Waals surface area (Å²) in [6.07, 6.45) is 3.29. The number of ketones is 1. The summed E-state index contributed by atoms with van der Waals surface area (Å²) >= 11 is 0. The molecule has 1 aromatic rings. The van der Waals surface area contributed by atoms with Crippen LogP contribution in [0.25, 0.3) is 0 Å². The predicted molar refractivity (Wildman–Crippen MR) is 59.8 cm³/mol. The van der Waals surface area contributed by atoms with Crippen molar-refractivity contribution in [3.8, 4) is 0 Å². The Morgan fingerprint density at radius 1 is 1.13 bits per heavy atom. The molecule has 2 bridgehead atoms. The molecule has 1 heteroatoms. The van der Waals surface area contributed by atoms with Crippen molar-refractivity contribution in [2.24, 2.45) is 5.41 Å². The first-order valence-electron chi connectivity index (χ1n) is 5.65. The number of Topliss-reactive ketones (excluding diaryl/α,β-unsaturated/α-hetero) is 1. The summed E-state index contributed by atoms with van der Waals surface area (Å²) < 4.78 is 0. The first kappa shape index (κ1) is 9.14. The van der Waals surface area contributed by atoms with Crippen LogP contribution >= 0.6 is 0 Å². The van der Waals surface area contributed by atoms with Crippen molar-refractivity contribution in [1.82, 2.24) is 0 Å². The van der Waals surface area contributed by atoms with Gasteiger partial charge in [0.1, 0.15) is 5.78 Å². The third-order valence-corrected chi connectivity index (χ3v) is 4.44. The fourth-order valence-electron chi connectivity index (χ4n) is 3.37. The SMILES string of the molecule is CC(=O)C12CC(c3ccc(C)cc3)(C1)C2. The van der Waals surface area contributed by atoms with Gasteiger partial charge in [0.25, 0.3) is 0 Å². The Balaban J connectivity index is 1.84. The van der Waals surface area contributed by atoms with Crippen molar-refractivity contribution in [2.75, 3.05) is 0 Å². The Hall–Kier alpha value is -1.11. The van der Waals surface area contributed by atoms with Crippen LogP contribution in [0.4, 0.5) is 0 Å². The molecule has 0 aromatic heterocycles. The van der Waals surface area contributed by atoms with E-state index in [2.05, 4.69) is 31.2 Å². The van der Waals surface area contributed by atoms with E-state index < -0.39 is 0 Å². The molecule has 0 atom stereocenters. The number of aryl methyl sites for hydroxylation is 1. The van der Waals surface area contributed by atoms with Gasteiger partial charge in [0.15, 0.2) is 0 Å². The van der Waals surface area contributed by atoms with Gasteiger partial charge in [0.05, 0.1) is 0 Å². The number of hydrogen-bond acceptors (Lipinski definition) is 1. The molecule has 3 aliphatic rings. The summed E-state index contributed by atoms with van der Waals surface area (Å²) in [6.45, 7) is 3.86. The fourth-order valence-corrected chi connectivity index (χ4v) is 3.37. The van der Waals surface area contributed by atoms with E-state index in [9.17, 15) is 4.79 Å². The topological polar surface area (TPSA) is 17.1 Å². The van der Waals surface area contributed by atoms with E-state index in [1.165, 1.54) is 11.1 Å². The van der Waals surface area contributed by atoms with Gasteiger partial charge in [-0.25, -0.2) is 0 Å². The van der Waals surface area contributed by atoms with Crippen molar-refractivity contribution in [2.45, 2.75) is 38.5 Å². The zero-order valence-electron chi connectivity index (χ0n) is 9.34. The largest absolute Gasteiger partial charge is 0.299 e. The second kappa shape index (κ2) is 2.52. The van der Waals surface area contributed by atoms with Gasteiger partial charge < -0.3 is 0 Å². The fraction of sp³-hybridized carbons (Fsp3) is 0.500. The van der Waals surface area contributed by atoms with Crippen LogP contribution in [0.5, 0.6) is 0 Å². The maximum Gasteiger partial charge on any atom is 0.136 e. The molecule has 0 amide bonds. The molecule has 0 saturated heterocycles. The average Bonchev–Trinajstić information content (AvgIpc) is 2.02. The highest BCUT2D eigenvalue weighted by molar-refractivity contribution is 5.87. The van der Waals surface area contributed by atoms with Crippen molar-refractivity contribution >= 4 is 5.78 Å². The highest BCUT2D eigenvalue weighted by Crippen LogP contribution is 2.73. The minimum absolute atomic E-state index is 0.0882. The number of hydrogen-bond donors (Lipinski definition) is 0. The molecule has 0 N–H and O–H groups in total. The minimum atomic E-state index is 0.0882. The molecule has 3 aliphatic carbocycles. The molecular formula is C14H16O. The molecule has 3 saturated carbocycles. The molecule has 0 heterocycles. The molecule has 4 rings (SSSR count). The van der Waals surface area contributed by atoms with E-state index in [-0.39, 0.29) is 5.41 Å². The van der Waals surface area contributed by atoms with Crippen molar-refractivity contribution in [3.63, 3.8) is 0 Å². The zero-order valence-corrected chi connectivity index (χ0v) is 9.34. The number of rotatable bonds is 2. The molecule has 0 radical (unpaired) electrons. The average molecular weight is 200 g/mol. The van der Waals surface area contributed by atoms with Gasteiger partial charge in [0.2, 0.25) is 0 Å². The normalized spacial score (nSPS) is 36.7. The van der Waals surface area contributed by atoms with Crippen LogP contribution < -0.4 is 0 Å². The summed E-state index contributed by atoms with van der Waals surface area (Å²) in [7, 11) is 0. The molecule has 0 spiro atoms. The quantitative estimate of drug-likeness (QED) is 0.717. The molecule has 3 fully saturated rings. The van der Waals surface area contributed by atoms with E-state index in [4.69, 9.17) is 0 Å². The summed E-state index contributed by atoms with van der Waals surface area (Å²) in [6, 6.07) is 8.82. The predicted octanol–water partition coefficient (Wildman–Crippen LogP) is 3.01. The van der Waals surface area contributed by atoms with Crippen LogP contribution in [0.15, 0.2) is 24.3 Å². The van der Waals surface area contributed by atoms with Gasteiger partial charge in [0, 0.05) is 5.41 Å². The minimum Gasteiger partial charge on any atom is -0.299 e. The number of carbonyl (C=O) groups excluding carboxylic acids is 1. The smallest absolute Gasteiger partial charge is 0.136 e. The molecule has 1 nitrogen and oxygen atoms in total. The maximum atomic E-state index is 11.4. The first-order chi connectivity index (χ1) is 7.06. The molecular weight excluding hydrogens is 184 g/mol. The summed E-state index contributed by atoms with van der Waals surface area (Å²) in [5.74, 6) is 0.400. The lowest BCUT2D eigenvalue weighted by Crippen LogP contribution is -2.67. The molecule has 1 aromatic carbocycles. The highest BCUT2D eigenvalue weighted by atomic mass is 16.1. The standard InChI is InChI=1S/C14H16O/c1-10-3-5-12(6-4-10)14-7-13(8-14,9-14)11(2)15/h3-6H,7-9H2,1-2H3. The Labute approximate surface area is 90.5 Å². The second-order valence-corrected chi connectivity index (χ2v) is 5.51. The van der Waals surface area contributed by atoms with E-state index in [0.717, 1.165) is 19.3 Å². The van der Waals surface area contributed by atoms with Crippen molar-refractivity contribution < 1.29 is 4.79 Å². The lowest BCUT2D eigenvalue weighted by atomic mass is 9.32. The van der Waals surface area contributed by atoms with Gasteiger partial charge in [-0.05, 0) is 44.1 Å². The number of carbonyl (C=O) groups is 1. The van der Waals surface area contributed by atoms with Crippen LogP contribution in [-0.4, -0.2) is 5.78 Å². The van der Waals surface area contributed by atoms with Gasteiger partial charge >= 0.3 is 0 Å². The highest BCUT2D eigenvalue weighted by Gasteiger charge is 2.70. The van der Waals surface area contributed by atoms with Gasteiger partial charge in [-0.15, -0.1) is 0 Å². The zero-order chi connectivity index (χ0) is 10.7. The Morgan fingerprint density at radius 3 is 2.13 bits per heavy atom. The van der Waals surface area contributed by atoms with E-state index in [0.29, 0.717) is 11.2 Å². The molecule has 15 heavy (non-hydrogen) atoms. The van der Waals surface area contributed by atoms with Crippen molar-refractivity contribution in [3.05, 3.63) is 35.4 Å². The van der Waals surface area contributed by atoms with Gasteiger partial charge in [-0.3, -0.25) is 4.79 Å². The monoisotopic (exact) mass is 200 g/mol. The van der Waals surface area contributed by atoms with E-state index in [1.54, 1.807) is 6.92 Å². The lowest BCUT2D eigenvalue weighted by molar-refractivity contribution is -0.171. The lowest BCUT2D eigenvalue weighted by Gasteiger charge is -2.70. The summed E-state index contributed by atoms with van der Waals surface area (Å²) in [4.78, 5) is 11.4. The Bertz CT molecular complexity index is 407. The van der Waals surface area contributed by atoms with Gasteiger partial charge in [-0.2, -0.15) is 0 Å². The number of benzene rings is 1. The Kier molecular flexibility index (Phi) is 1.54. The van der Waals surface area contributed by atoms with E-state index >= 15 is 0 Å². The van der Waals surface area contributed by atoms with Crippen LogP contribution in [0, 0.1) is 12.3 Å². The third-order valence-electron chi connectivity index (χ3n) is 4.44. The maximum absolute atomic E-state index is 11.4. The van der Waals surface area contributed by atoms with E-state index in [1.807, 2.05) is 0 Å². The summed E-state index contributed by atoms with van der Waals surface area (Å²) in [5.41, 5.74) is 3.22. The Morgan fingerprint density at radius 2 is 1.67 bits per heavy atom.